The molecule has 2 aromatic carbocycles. The first-order valence-electron chi connectivity index (χ1n) is 10.9. The molecule has 4 rings (SSSR count). The van der Waals surface area contributed by atoms with Crippen LogP contribution in [0.4, 0.5) is 10.5 Å². The Labute approximate surface area is 207 Å². The van der Waals surface area contributed by atoms with Crippen LogP contribution in [0, 0.1) is 0 Å². The first-order valence-corrected chi connectivity index (χ1v) is 10.9. The second kappa shape index (κ2) is 11.7. The summed E-state index contributed by atoms with van der Waals surface area (Å²) >= 11 is 0. The van der Waals surface area contributed by atoms with Crippen molar-refractivity contribution >= 4 is 42.5 Å². The van der Waals surface area contributed by atoms with Crippen LogP contribution in [-0.4, -0.2) is 54.2 Å². The van der Waals surface area contributed by atoms with Gasteiger partial charge in [0.2, 0.25) is 5.91 Å². The van der Waals surface area contributed by atoms with Crippen molar-refractivity contribution in [1.29, 1.82) is 0 Å². The SMILES string of the molecule is CC(=O)N1c2ccc(-c3ccc(CN4CCNCC4)cc3)cc2C(NC(=O)O)CC1C.Cl.Cl. The summed E-state index contributed by atoms with van der Waals surface area (Å²) in [7, 11) is 0. The second-order valence-corrected chi connectivity index (χ2v) is 8.47. The Morgan fingerprint density at radius 3 is 2.30 bits per heavy atom. The van der Waals surface area contributed by atoms with E-state index in [1.807, 2.05) is 25.1 Å². The van der Waals surface area contributed by atoms with E-state index in [0.29, 0.717) is 6.42 Å². The lowest BCUT2D eigenvalue weighted by atomic mass is 9.89. The van der Waals surface area contributed by atoms with Gasteiger partial charge in [0, 0.05) is 51.4 Å². The van der Waals surface area contributed by atoms with Gasteiger partial charge in [-0.3, -0.25) is 9.69 Å². The van der Waals surface area contributed by atoms with E-state index < -0.39 is 6.09 Å². The Hall–Kier alpha value is -2.32. The summed E-state index contributed by atoms with van der Waals surface area (Å²) in [5.74, 6) is -0.0347. The lowest BCUT2D eigenvalue weighted by molar-refractivity contribution is -0.117. The van der Waals surface area contributed by atoms with Crippen LogP contribution in [0.1, 0.15) is 37.4 Å². The number of nitrogens with one attached hydrogen (secondary N) is 2. The molecule has 1 fully saturated rings. The zero-order chi connectivity index (χ0) is 22.0. The Morgan fingerprint density at radius 1 is 1.06 bits per heavy atom. The third-order valence-corrected chi connectivity index (χ3v) is 6.22. The van der Waals surface area contributed by atoms with Gasteiger partial charge in [-0.15, -0.1) is 24.8 Å². The number of hydrogen-bond acceptors (Lipinski definition) is 4. The third-order valence-electron chi connectivity index (χ3n) is 6.22. The van der Waals surface area contributed by atoms with E-state index in [2.05, 4.69) is 39.8 Å². The van der Waals surface area contributed by atoms with Crippen LogP contribution in [0.2, 0.25) is 0 Å². The molecule has 2 aromatic rings. The van der Waals surface area contributed by atoms with Gasteiger partial charge >= 0.3 is 6.09 Å². The van der Waals surface area contributed by atoms with E-state index >= 15 is 0 Å². The molecule has 9 heteroatoms. The maximum atomic E-state index is 12.2. The molecule has 0 aromatic heterocycles. The lowest BCUT2D eigenvalue weighted by Crippen LogP contribution is -2.45. The van der Waals surface area contributed by atoms with E-state index in [1.165, 1.54) is 5.56 Å². The molecule has 180 valence electrons. The maximum Gasteiger partial charge on any atom is 0.405 e. The predicted octanol–water partition coefficient (Wildman–Crippen LogP) is 4.06. The summed E-state index contributed by atoms with van der Waals surface area (Å²) in [6.07, 6.45) is -0.506. The zero-order valence-corrected chi connectivity index (χ0v) is 20.5. The number of carboxylic acid groups (broad SMARTS) is 1. The molecular weight excluding hydrogens is 463 g/mol. The van der Waals surface area contributed by atoms with Crippen molar-refractivity contribution in [2.75, 3.05) is 31.1 Å². The molecule has 7 nitrogen and oxygen atoms in total. The van der Waals surface area contributed by atoms with Crippen molar-refractivity contribution in [3.05, 3.63) is 53.6 Å². The van der Waals surface area contributed by atoms with Gasteiger partial charge in [-0.1, -0.05) is 30.3 Å². The van der Waals surface area contributed by atoms with Gasteiger partial charge in [0.1, 0.15) is 0 Å². The fourth-order valence-electron chi connectivity index (χ4n) is 4.74. The van der Waals surface area contributed by atoms with Crippen LogP contribution in [0.25, 0.3) is 11.1 Å². The van der Waals surface area contributed by atoms with Crippen molar-refractivity contribution in [2.24, 2.45) is 0 Å². The summed E-state index contributed by atoms with van der Waals surface area (Å²) in [5.41, 5.74) is 5.00. The highest BCUT2D eigenvalue weighted by atomic mass is 35.5. The predicted molar refractivity (Wildman–Crippen MR) is 136 cm³/mol. The molecule has 1 saturated heterocycles. The van der Waals surface area contributed by atoms with Crippen molar-refractivity contribution in [1.82, 2.24) is 15.5 Å². The maximum absolute atomic E-state index is 12.2. The van der Waals surface area contributed by atoms with Crippen LogP contribution in [-0.2, 0) is 11.3 Å². The molecule has 0 aliphatic carbocycles. The van der Waals surface area contributed by atoms with Gasteiger partial charge in [0.15, 0.2) is 0 Å². The zero-order valence-electron chi connectivity index (χ0n) is 18.9. The number of carbonyl (C=O) groups is 2. The minimum atomic E-state index is -1.05. The molecule has 33 heavy (non-hydrogen) atoms. The lowest BCUT2D eigenvalue weighted by Gasteiger charge is -2.39. The minimum absolute atomic E-state index is 0. The number of benzene rings is 2. The number of rotatable bonds is 4. The highest BCUT2D eigenvalue weighted by Crippen LogP contribution is 2.39. The number of anilines is 1. The first-order chi connectivity index (χ1) is 14.9. The van der Waals surface area contributed by atoms with Gasteiger partial charge in [-0.25, -0.2) is 4.79 Å². The molecule has 2 unspecified atom stereocenters. The number of carbonyl (C=O) groups excluding carboxylic acids is 1. The molecule has 2 heterocycles. The standard InChI is InChI=1S/C24H30N4O3.2ClH/c1-16-13-22(26-24(30)31)21-14-20(7-8-23(21)28(16)17(2)29)19-5-3-18(4-6-19)15-27-11-9-25-10-12-27;;/h3-8,14,16,22,25-26H,9-13,15H2,1-2H3,(H,30,31);2*1H. The molecule has 2 aliphatic rings. The Balaban J connectivity index is 0.00000193. The fraction of sp³-hybridized carbons (Fsp3) is 0.417. The Kier molecular flexibility index (Phi) is 9.55. The molecule has 0 saturated carbocycles. The molecule has 2 atom stereocenters. The molecule has 0 radical (unpaired) electrons. The fourth-order valence-corrected chi connectivity index (χ4v) is 4.74. The largest absolute Gasteiger partial charge is 0.465 e. The van der Waals surface area contributed by atoms with Gasteiger partial charge in [-0.05, 0) is 47.7 Å². The van der Waals surface area contributed by atoms with Crippen molar-refractivity contribution < 1.29 is 14.7 Å². The number of piperazine rings is 1. The number of hydrogen-bond donors (Lipinski definition) is 3. The molecule has 3 N–H and O–H groups in total. The number of amides is 2. The Morgan fingerprint density at radius 2 is 1.70 bits per heavy atom. The van der Waals surface area contributed by atoms with Crippen LogP contribution in [0.5, 0.6) is 0 Å². The highest BCUT2D eigenvalue weighted by molar-refractivity contribution is 5.94. The van der Waals surface area contributed by atoms with Crippen LogP contribution < -0.4 is 15.5 Å². The molecule has 2 amide bonds. The van der Waals surface area contributed by atoms with E-state index in [1.54, 1.807) is 11.8 Å². The van der Waals surface area contributed by atoms with Crippen molar-refractivity contribution in [3.63, 3.8) is 0 Å². The van der Waals surface area contributed by atoms with E-state index in [4.69, 9.17) is 0 Å². The van der Waals surface area contributed by atoms with Crippen LogP contribution in [0.3, 0.4) is 0 Å². The number of nitrogens with zero attached hydrogens (tertiary/aromatic N) is 2. The van der Waals surface area contributed by atoms with E-state index in [0.717, 1.165) is 55.1 Å². The summed E-state index contributed by atoms with van der Waals surface area (Å²) in [4.78, 5) is 27.8. The number of halogens is 2. The summed E-state index contributed by atoms with van der Waals surface area (Å²) in [6, 6.07) is 14.1. The smallest absolute Gasteiger partial charge is 0.405 e. The molecule has 0 spiro atoms. The van der Waals surface area contributed by atoms with Crippen LogP contribution in [0.15, 0.2) is 42.5 Å². The van der Waals surface area contributed by atoms with Crippen LogP contribution >= 0.6 is 24.8 Å². The molecular formula is C24H32Cl2N4O3. The van der Waals surface area contributed by atoms with E-state index in [-0.39, 0.29) is 42.8 Å². The average molecular weight is 495 g/mol. The van der Waals surface area contributed by atoms with Gasteiger partial charge < -0.3 is 20.6 Å². The molecule has 2 aliphatic heterocycles. The van der Waals surface area contributed by atoms with Gasteiger partial charge in [0.25, 0.3) is 0 Å². The number of fused-ring (bicyclic) bond motifs is 1. The first kappa shape index (κ1) is 26.9. The average Bonchev–Trinajstić information content (AvgIpc) is 2.74. The summed E-state index contributed by atoms with van der Waals surface area (Å²) in [6.45, 7) is 8.65. The molecule has 0 bridgehead atoms. The second-order valence-electron chi connectivity index (χ2n) is 8.47. The quantitative estimate of drug-likeness (QED) is 0.596. The van der Waals surface area contributed by atoms with Gasteiger partial charge in [0.05, 0.1) is 6.04 Å². The topological polar surface area (TPSA) is 84.9 Å². The Bertz CT molecular complexity index is 965. The van der Waals surface area contributed by atoms with E-state index in [9.17, 15) is 14.7 Å². The summed E-state index contributed by atoms with van der Waals surface area (Å²) in [5, 5.41) is 15.3. The van der Waals surface area contributed by atoms with Crippen molar-refractivity contribution in [3.8, 4) is 11.1 Å². The monoisotopic (exact) mass is 494 g/mol. The third kappa shape index (κ3) is 6.18. The van der Waals surface area contributed by atoms with Gasteiger partial charge in [-0.2, -0.15) is 0 Å². The minimum Gasteiger partial charge on any atom is -0.465 e. The van der Waals surface area contributed by atoms with Crippen molar-refractivity contribution in [2.45, 2.75) is 38.9 Å². The highest BCUT2D eigenvalue weighted by Gasteiger charge is 2.33. The normalized spacial score (nSPS) is 20.1. The summed E-state index contributed by atoms with van der Waals surface area (Å²) < 4.78 is 0.